The number of ether oxygens (including phenoxy) is 2. The van der Waals surface area contributed by atoms with Crippen molar-refractivity contribution >= 4 is 5.97 Å². The van der Waals surface area contributed by atoms with E-state index in [1.165, 1.54) is 12.1 Å². The standard InChI is InChI=1S/C20H35N3O7/c1-16(8-13-29-20(2,3)9-11-22-27)15-28-14-12-21-10-4-5-19(26)30-23-17(24)6-7-18(23)25/h6-7,16,21,24-25H,4-5,8-15H2,1-3H3. The summed E-state index contributed by atoms with van der Waals surface area (Å²) in [4.78, 5) is 26.7. The van der Waals surface area contributed by atoms with E-state index >= 15 is 0 Å². The highest BCUT2D eigenvalue weighted by Gasteiger charge is 2.18. The van der Waals surface area contributed by atoms with E-state index in [9.17, 15) is 19.9 Å². The van der Waals surface area contributed by atoms with Gasteiger partial charge in [-0.15, -0.1) is 4.73 Å². The van der Waals surface area contributed by atoms with Gasteiger partial charge in [0.25, 0.3) is 0 Å². The average molecular weight is 430 g/mol. The number of rotatable bonds is 17. The van der Waals surface area contributed by atoms with Crippen molar-refractivity contribution in [3.05, 3.63) is 17.0 Å². The number of hydrogen-bond donors (Lipinski definition) is 3. The molecule has 1 rings (SSSR count). The first-order valence-corrected chi connectivity index (χ1v) is 10.3. The van der Waals surface area contributed by atoms with Crippen molar-refractivity contribution in [1.29, 1.82) is 0 Å². The molecular formula is C20H35N3O7. The van der Waals surface area contributed by atoms with Crippen molar-refractivity contribution in [1.82, 2.24) is 10.0 Å². The van der Waals surface area contributed by atoms with Crippen LogP contribution in [0.4, 0.5) is 0 Å². The predicted molar refractivity (Wildman–Crippen MR) is 111 cm³/mol. The fourth-order valence-corrected chi connectivity index (χ4v) is 2.56. The molecule has 1 unspecified atom stereocenters. The van der Waals surface area contributed by atoms with E-state index in [2.05, 4.69) is 17.4 Å². The molecule has 1 atom stereocenters. The summed E-state index contributed by atoms with van der Waals surface area (Å²) in [6.07, 6.45) is 2.20. The molecule has 10 nitrogen and oxygen atoms in total. The van der Waals surface area contributed by atoms with E-state index in [0.717, 1.165) is 6.42 Å². The van der Waals surface area contributed by atoms with Crippen molar-refractivity contribution in [2.24, 2.45) is 11.1 Å². The molecule has 0 aliphatic rings. The van der Waals surface area contributed by atoms with E-state index in [1.807, 2.05) is 13.8 Å². The molecule has 172 valence electrons. The Kier molecular flexibility index (Phi) is 12.0. The molecule has 10 heteroatoms. The van der Waals surface area contributed by atoms with Gasteiger partial charge in [0.05, 0.1) is 18.8 Å². The Balaban J connectivity index is 1.97. The molecule has 3 N–H and O–H groups in total. The van der Waals surface area contributed by atoms with Crippen molar-refractivity contribution < 1.29 is 29.3 Å². The van der Waals surface area contributed by atoms with Crippen LogP contribution >= 0.6 is 0 Å². The highest BCUT2D eigenvalue weighted by atomic mass is 16.7. The lowest BCUT2D eigenvalue weighted by Crippen LogP contribution is -2.27. The molecule has 0 spiro atoms. The Bertz CT molecular complexity index is 614. The number of carbonyl (C=O) groups excluding carboxylic acids is 1. The van der Waals surface area contributed by atoms with E-state index in [4.69, 9.17) is 14.3 Å². The third-order valence-corrected chi connectivity index (χ3v) is 4.46. The number of hydrogen-bond acceptors (Lipinski definition) is 9. The van der Waals surface area contributed by atoms with Crippen molar-refractivity contribution in [3.8, 4) is 11.8 Å². The summed E-state index contributed by atoms with van der Waals surface area (Å²) >= 11 is 0. The van der Waals surface area contributed by atoms with Crippen LogP contribution in [0.25, 0.3) is 0 Å². The van der Waals surface area contributed by atoms with Gasteiger partial charge in [0, 0.05) is 38.3 Å². The van der Waals surface area contributed by atoms with Gasteiger partial charge in [-0.05, 0) is 45.6 Å². The average Bonchev–Trinajstić information content (AvgIpc) is 3.00. The first-order valence-electron chi connectivity index (χ1n) is 10.3. The zero-order chi connectivity index (χ0) is 22.4. The number of nitroso groups, excluding NO2 is 1. The van der Waals surface area contributed by atoms with Crippen LogP contribution < -0.4 is 10.2 Å². The SMILES string of the molecule is CC(CCOC(C)(C)CCN=O)COCCNCCCC(=O)On1c(O)ccc1O. The molecule has 0 aliphatic carbocycles. The third kappa shape index (κ3) is 11.1. The molecule has 0 radical (unpaired) electrons. The van der Waals surface area contributed by atoms with Crippen molar-refractivity contribution in [3.63, 3.8) is 0 Å². The van der Waals surface area contributed by atoms with Crippen LogP contribution in [-0.4, -0.2) is 66.0 Å². The van der Waals surface area contributed by atoms with Gasteiger partial charge in [-0.1, -0.05) is 12.1 Å². The molecule has 0 saturated carbocycles. The molecule has 0 aliphatic heterocycles. The predicted octanol–water partition coefficient (Wildman–Crippen LogP) is 2.22. The Labute approximate surface area is 177 Å². The van der Waals surface area contributed by atoms with Gasteiger partial charge in [0.2, 0.25) is 11.8 Å². The third-order valence-electron chi connectivity index (χ3n) is 4.46. The Hall–Kier alpha value is -2.17. The Morgan fingerprint density at radius 3 is 2.60 bits per heavy atom. The molecule has 0 saturated heterocycles. The smallest absolute Gasteiger partial charge is 0.333 e. The van der Waals surface area contributed by atoms with Crippen molar-refractivity contribution in [2.45, 2.75) is 52.1 Å². The fraction of sp³-hybridized carbons (Fsp3) is 0.750. The van der Waals surface area contributed by atoms with Gasteiger partial charge in [-0.2, -0.15) is 4.91 Å². The molecule has 1 aromatic rings. The monoisotopic (exact) mass is 429 g/mol. The van der Waals surface area contributed by atoms with Gasteiger partial charge in [-0.3, -0.25) is 0 Å². The molecule has 0 amide bonds. The van der Waals surface area contributed by atoms with E-state index in [0.29, 0.717) is 56.4 Å². The van der Waals surface area contributed by atoms with Crippen LogP contribution in [0.3, 0.4) is 0 Å². The second-order valence-corrected chi connectivity index (χ2v) is 7.84. The van der Waals surface area contributed by atoms with Gasteiger partial charge in [0.15, 0.2) is 0 Å². The lowest BCUT2D eigenvalue weighted by Gasteiger charge is -2.25. The second kappa shape index (κ2) is 13.9. The molecule has 1 aromatic heterocycles. The molecule has 0 fully saturated rings. The minimum absolute atomic E-state index is 0.154. The minimum atomic E-state index is -0.545. The molecular weight excluding hydrogens is 394 g/mol. The molecule has 0 bridgehead atoms. The van der Waals surface area contributed by atoms with Gasteiger partial charge < -0.3 is 29.8 Å². The van der Waals surface area contributed by atoms with E-state index in [1.54, 1.807) is 0 Å². The first-order chi connectivity index (χ1) is 14.2. The summed E-state index contributed by atoms with van der Waals surface area (Å²) < 4.78 is 12.1. The van der Waals surface area contributed by atoms with Gasteiger partial charge in [-0.25, -0.2) is 4.79 Å². The van der Waals surface area contributed by atoms with Gasteiger partial charge >= 0.3 is 5.97 Å². The van der Waals surface area contributed by atoms with Crippen molar-refractivity contribution in [2.75, 3.05) is 39.5 Å². The quantitative estimate of drug-likeness (QED) is 0.254. The minimum Gasteiger partial charge on any atom is -0.492 e. The topological polar surface area (TPSA) is 132 Å². The summed E-state index contributed by atoms with van der Waals surface area (Å²) in [6, 6.07) is 2.46. The molecule has 1 heterocycles. The summed E-state index contributed by atoms with van der Waals surface area (Å²) in [7, 11) is 0. The highest BCUT2D eigenvalue weighted by Crippen LogP contribution is 2.19. The van der Waals surface area contributed by atoms with Crippen LogP contribution in [0.15, 0.2) is 17.3 Å². The number of nitrogens with zero attached hydrogens (tertiary/aromatic N) is 2. The van der Waals surface area contributed by atoms with Crippen LogP contribution in [0, 0.1) is 10.8 Å². The summed E-state index contributed by atoms with van der Waals surface area (Å²) in [6.45, 7) is 9.39. The Morgan fingerprint density at radius 1 is 1.23 bits per heavy atom. The van der Waals surface area contributed by atoms with Gasteiger partial charge in [0.1, 0.15) is 0 Å². The Morgan fingerprint density at radius 2 is 1.93 bits per heavy atom. The zero-order valence-electron chi connectivity index (χ0n) is 18.1. The van der Waals surface area contributed by atoms with Crippen LogP contribution in [-0.2, 0) is 14.3 Å². The van der Waals surface area contributed by atoms with Crippen LogP contribution in [0.2, 0.25) is 0 Å². The lowest BCUT2D eigenvalue weighted by molar-refractivity contribution is -0.145. The number of carbonyl (C=O) groups is 1. The summed E-state index contributed by atoms with van der Waals surface area (Å²) in [5.41, 5.74) is -0.340. The zero-order valence-corrected chi connectivity index (χ0v) is 18.1. The second-order valence-electron chi connectivity index (χ2n) is 7.84. The van der Waals surface area contributed by atoms with Crippen LogP contribution in [0.5, 0.6) is 11.8 Å². The normalized spacial score (nSPS) is 12.6. The first kappa shape index (κ1) is 25.9. The maximum Gasteiger partial charge on any atom is 0.333 e. The maximum absolute atomic E-state index is 11.7. The molecule has 0 aromatic carbocycles. The molecule has 30 heavy (non-hydrogen) atoms. The van der Waals surface area contributed by atoms with E-state index < -0.39 is 5.97 Å². The fourth-order valence-electron chi connectivity index (χ4n) is 2.56. The largest absolute Gasteiger partial charge is 0.492 e. The number of aromatic nitrogens is 1. The number of aromatic hydroxyl groups is 2. The van der Waals surface area contributed by atoms with Crippen LogP contribution in [0.1, 0.15) is 46.5 Å². The summed E-state index contributed by atoms with van der Waals surface area (Å²) in [5.74, 6) is -0.857. The summed E-state index contributed by atoms with van der Waals surface area (Å²) in [5, 5.41) is 24.9. The van der Waals surface area contributed by atoms with E-state index in [-0.39, 0.29) is 30.3 Å². The maximum atomic E-state index is 11.7. The lowest BCUT2D eigenvalue weighted by atomic mass is 10.1. The number of nitrogens with one attached hydrogen (secondary N) is 1. The highest BCUT2D eigenvalue weighted by molar-refractivity contribution is 5.69.